The first-order valence-corrected chi connectivity index (χ1v) is 4.29. The lowest BCUT2D eigenvalue weighted by Gasteiger charge is -2.07. The Hall–Kier alpha value is -1.43. The number of rotatable bonds is 3. The van der Waals surface area contributed by atoms with E-state index in [4.69, 9.17) is 5.11 Å². The lowest BCUT2D eigenvalue weighted by atomic mass is 10.2. The summed E-state index contributed by atoms with van der Waals surface area (Å²) in [4.78, 5) is 32.0. The molecule has 0 radical (unpaired) electrons. The first kappa shape index (κ1) is 10.6. The minimum atomic E-state index is -1.30. The largest absolute Gasteiger partial charge is 0.481 e. The average molecular weight is 201 g/mol. The van der Waals surface area contributed by atoms with Gasteiger partial charge in [0.2, 0.25) is 0 Å². The van der Waals surface area contributed by atoms with Crippen molar-refractivity contribution < 1.29 is 24.2 Å². The van der Waals surface area contributed by atoms with Crippen LogP contribution >= 0.6 is 0 Å². The molecule has 0 aromatic rings. The lowest BCUT2D eigenvalue weighted by molar-refractivity contribution is -0.162. The van der Waals surface area contributed by atoms with Crippen LogP contribution in [0.25, 0.3) is 0 Å². The molecule has 1 aliphatic rings. The first-order chi connectivity index (χ1) is 6.59. The molecule has 1 atom stereocenters. The molecule has 1 fully saturated rings. The zero-order chi connectivity index (χ0) is 10.6. The van der Waals surface area contributed by atoms with E-state index < -0.39 is 30.4 Å². The Labute approximate surface area is 80.2 Å². The van der Waals surface area contributed by atoms with Crippen LogP contribution in [0.15, 0.2) is 0 Å². The minimum absolute atomic E-state index is 0.465. The third-order valence-corrected chi connectivity index (χ3v) is 1.85. The van der Waals surface area contributed by atoms with E-state index in [0.29, 0.717) is 13.0 Å². The topological polar surface area (TPSA) is 92.7 Å². The third kappa shape index (κ3) is 3.14. The van der Waals surface area contributed by atoms with E-state index in [-0.39, 0.29) is 0 Å². The first-order valence-electron chi connectivity index (χ1n) is 4.29. The Morgan fingerprint density at radius 1 is 1.43 bits per heavy atom. The maximum atomic E-state index is 11.1. The molecular formula is C8H11NO5. The zero-order valence-electron chi connectivity index (χ0n) is 7.49. The van der Waals surface area contributed by atoms with Crippen molar-refractivity contribution >= 4 is 17.9 Å². The summed E-state index contributed by atoms with van der Waals surface area (Å²) in [5.41, 5.74) is 0. The molecule has 0 amide bonds. The highest BCUT2D eigenvalue weighted by Crippen LogP contribution is 2.06. The van der Waals surface area contributed by atoms with Gasteiger partial charge in [-0.3, -0.25) is 9.59 Å². The van der Waals surface area contributed by atoms with Crippen LogP contribution < -0.4 is 5.32 Å². The predicted octanol–water partition coefficient (Wildman–Crippen LogP) is -0.717. The van der Waals surface area contributed by atoms with E-state index >= 15 is 0 Å². The fraction of sp³-hybridized carbons (Fsp3) is 0.625. The molecule has 0 bridgehead atoms. The molecule has 0 aromatic heterocycles. The molecule has 0 aromatic carbocycles. The molecule has 2 N–H and O–H groups in total. The predicted molar refractivity (Wildman–Crippen MR) is 44.4 cm³/mol. The highest BCUT2D eigenvalue weighted by molar-refractivity contribution is 5.96. The fourth-order valence-electron chi connectivity index (χ4n) is 1.23. The second kappa shape index (κ2) is 4.71. The average Bonchev–Trinajstić information content (AvgIpc) is 2.53. The molecule has 6 heteroatoms. The van der Waals surface area contributed by atoms with Crippen LogP contribution in [0.4, 0.5) is 0 Å². The number of ether oxygens (including phenoxy) is 1. The number of esters is 2. The summed E-state index contributed by atoms with van der Waals surface area (Å²) in [6, 6.07) is -0.465. The highest BCUT2D eigenvalue weighted by atomic mass is 16.6. The van der Waals surface area contributed by atoms with Gasteiger partial charge in [-0.05, 0) is 19.4 Å². The van der Waals surface area contributed by atoms with Gasteiger partial charge in [-0.1, -0.05) is 0 Å². The van der Waals surface area contributed by atoms with Gasteiger partial charge in [0.15, 0.2) is 0 Å². The number of carboxylic acid groups (broad SMARTS) is 1. The van der Waals surface area contributed by atoms with Gasteiger partial charge in [0.05, 0.1) is 0 Å². The van der Waals surface area contributed by atoms with E-state index in [9.17, 15) is 14.4 Å². The second-order valence-corrected chi connectivity index (χ2v) is 3.01. The molecular weight excluding hydrogens is 190 g/mol. The molecule has 1 saturated heterocycles. The number of hydrogen-bond acceptors (Lipinski definition) is 5. The standard InChI is InChI=1S/C8H11NO5/c10-6(11)4-7(12)14-8(13)5-2-1-3-9-5/h5,9H,1-4H2,(H,10,11)/t5-/m0/s1. The highest BCUT2D eigenvalue weighted by Gasteiger charge is 2.26. The van der Waals surface area contributed by atoms with Crippen LogP contribution in [-0.2, 0) is 19.1 Å². The SMILES string of the molecule is O=C(O)CC(=O)OC(=O)[C@@H]1CCCN1. The van der Waals surface area contributed by atoms with E-state index in [1.807, 2.05) is 0 Å². The van der Waals surface area contributed by atoms with Gasteiger partial charge in [0, 0.05) is 0 Å². The van der Waals surface area contributed by atoms with Crippen molar-refractivity contribution in [3.63, 3.8) is 0 Å². The van der Waals surface area contributed by atoms with Crippen LogP contribution in [0.5, 0.6) is 0 Å². The molecule has 14 heavy (non-hydrogen) atoms. The smallest absolute Gasteiger partial charge is 0.330 e. The summed E-state index contributed by atoms with van der Waals surface area (Å²) in [6.45, 7) is 0.715. The monoisotopic (exact) mass is 201 g/mol. The van der Waals surface area contributed by atoms with Crippen molar-refractivity contribution in [3.05, 3.63) is 0 Å². The molecule has 1 rings (SSSR count). The normalized spacial score (nSPS) is 20.4. The number of nitrogens with one attached hydrogen (secondary N) is 1. The Balaban J connectivity index is 2.32. The summed E-state index contributed by atoms with van der Waals surface area (Å²) >= 11 is 0. The molecule has 6 nitrogen and oxygen atoms in total. The van der Waals surface area contributed by atoms with Gasteiger partial charge in [-0.15, -0.1) is 0 Å². The fourth-order valence-corrected chi connectivity index (χ4v) is 1.23. The Kier molecular flexibility index (Phi) is 3.58. The van der Waals surface area contributed by atoms with Gasteiger partial charge in [0.25, 0.3) is 0 Å². The van der Waals surface area contributed by atoms with Crippen molar-refractivity contribution in [2.75, 3.05) is 6.54 Å². The molecule has 0 saturated carbocycles. The van der Waals surface area contributed by atoms with Crippen molar-refractivity contribution in [1.82, 2.24) is 5.32 Å². The number of carboxylic acids is 1. The van der Waals surface area contributed by atoms with Crippen molar-refractivity contribution in [2.45, 2.75) is 25.3 Å². The summed E-state index contributed by atoms with van der Waals surface area (Å²) < 4.78 is 4.32. The summed E-state index contributed by atoms with van der Waals surface area (Å²) in [5, 5.41) is 11.1. The number of hydrogen-bond donors (Lipinski definition) is 2. The molecule has 0 spiro atoms. The van der Waals surface area contributed by atoms with Gasteiger partial charge < -0.3 is 15.2 Å². The van der Waals surface area contributed by atoms with Crippen LogP contribution in [0.2, 0.25) is 0 Å². The van der Waals surface area contributed by atoms with Gasteiger partial charge in [0.1, 0.15) is 12.5 Å². The van der Waals surface area contributed by atoms with E-state index in [1.165, 1.54) is 0 Å². The van der Waals surface area contributed by atoms with E-state index in [0.717, 1.165) is 6.42 Å². The molecule has 1 aliphatic heterocycles. The maximum Gasteiger partial charge on any atom is 0.330 e. The van der Waals surface area contributed by atoms with Gasteiger partial charge in [-0.2, -0.15) is 0 Å². The number of aliphatic carboxylic acids is 1. The van der Waals surface area contributed by atoms with Crippen molar-refractivity contribution in [3.8, 4) is 0 Å². The van der Waals surface area contributed by atoms with Crippen LogP contribution in [0.1, 0.15) is 19.3 Å². The lowest BCUT2D eigenvalue weighted by Crippen LogP contribution is -2.34. The zero-order valence-corrected chi connectivity index (χ0v) is 7.49. The van der Waals surface area contributed by atoms with Crippen molar-refractivity contribution in [2.24, 2.45) is 0 Å². The Bertz CT molecular complexity index is 256. The van der Waals surface area contributed by atoms with E-state index in [1.54, 1.807) is 0 Å². The Morgan fingerprint density at radius 3 is 2.64 bits per heavy atom. The Morgan fingerprint density at radius 2 is 2.14 bits per heavy atom. The van der Waals surface area contributed by atoms with Crippen molar-refractivity contribution in [1.29, 1.82) is 0 Å². The summed E-state index contributed by atoms with van der Waals surface area (Å²) in [6.07, 6.45) is 0.699. The summed E-state index contributed by atoms with van der Waals surface area (Å²) in [7, 11) is 0. The van der Waals surface area contributed by atoms with Crippen LogP contribution in [0.3, 0.4) is 0 Å². The molecule has 78 valence electrons. The van der Waals surface area contributed by atoms with Crippen LogP contribution in [0, 0.1) is 0 Å². The number of carbonyl (C=O) groups is 3. The quantitative estimate of drug-likeness (QED) is 0.462. The maximum absolute atomic E-state index is 11.1. The molecule has 0 aliphatic carbocycles. The number of carbonyl (C=O) groups excluding carboxylic acids is 2. The molecule has 0 unspecified atom stereocenters. The molecule has 1 heterocycles. The van der Waals surface area contributed by atoms with Crippen LogP contribution in [-0.4, -0.2) is 35.6 Å². The minimum Gasteiger partial charge on any atom is -0.481 e. The second-order valence-electron chi connectivity index (χ2n) is 3.01. The summed E-state index contributed by atoms with van der Waals surface area (Å²) in [5.74, 6) is -3.01. The van der Waals surface area contributed by atoms with Gasteiger partial charge in [-0.25, -0.2) is 4.79 Å². The third-order valence-electron chi connectivity index (χ3n) is 1.85. The van der Waals surface area contributed by atoms with Gasteiger partial charge >= 0.3 is 17.9 Å². The van der Waals surface area contributed by atoms with E-state index in [2.05, 4.69) is 10.1 Å².